The molecule has 2 amide bonds. The molecular formula is C26H24F3NO4. The molecule has 3 aromatic carbocycles. The van der Waals surface area contributed by atoms with E-state index in [1.54, 1.807) is 36.4 Å². The Balaban J connectivity index is 0.000000469. The minimum absolute atomic E-state index is 0.0645. The van der Waals surface area contributed by atoms with Crippen LogP contribution in [0.4, 0.5) is 18.0 Å². The fourth-order valence-corrected chi connectivity index (χ4v) is 3.60. The Kier molecular flexibility index (Phi) is 8.43. The van der Waals surface area contributed by atoms with Gasteiger partial charge in [0, 0.05) is 0 Å². The van der Waals surface area contributed by atoms with Crippen molar-refractivity contribution in [2.24, 2.45) is 5.92 Å². The van der Waals surface area contributed by atoms with Crippen LogP contribution in [0.5, 0.6) is 0 Å². The number of alkyl halides is 3. The lowest BCUT2D eigenvalue weighted by Gasteiger charge is -2.29. The number of carbonyl (C=O) groups excluding carboxylic acids is 2. The van der Waals surface area contributed by atoms with Crippen LogP contribution in [-0.4, -0.2) is 40.8 Å². The van der Waals surface area contributed by atoms with Crippen LogP contribution in [0.15, 0.2) is 97.1 Å². The first-order valence-corrected chi connectivity index (χ1v) is 10.6. The van der Waals surface area contributed by atoms with Gasteiger partial charge in [-0.2, -0.15) is 13.2 Å². The number of amides is 2. The fourth-order valence-electron chi connectivity index (χ4n) is 3.60. The van der Waals surface area contributed by atoms with Crippen LogP contribution in [0.1, 0.15) is 17.2 Å². The van der Waals surface area contributed by atoms with Crippen LogP contribution in [-0.2, 0) is 16.0 Å². The first-order chi connectivity index (χ1) is 16.3. The van der Waals surface area contributed by atoms with Gasteiger partial charge in [-0.05, 0) is 17.5 Å². The average Bonchev–Trinajstić information content (AvgIpc) is 3.20. The summed E-state index contributed by atoms with van der Waals surface area (Å²) < 4.78 is 45.9. The summed E-state index contributed by atoms with van der Waals surface area (Å²) in [5.41, 5.74) is 0.682. The number of aliphatic hydroxyl groups excluding tert-OH is 1. The Morgan fingerprint density at radius 1 is 0.912 bits per heavy atom. The maximum atomic E-state index is 13.7. The Bertz CT molecular complexity index is 1020. The van der Waals surface area contributed by atoms with Crippen LogP contribution in [0.25, 0.3) is 0 Å². The van der Waals surface area contributed by atoms with Crippen molar-refractivity contribution >= 4 is 12.0 Å². The number of halogens is 3. The van der Waals surface area contributed by atoms with Crippen molar-refractivity contribution in [2.75, 3.05) is 6.61 Å². The molecule has 1 aliphatic heterocycles. The van der Waals surface area contributed by atoms with E-state index >= 15 is 0 Å². The predicted molar refractivity (Wildman–Crippen MR) is 120 cm³/mol. The number of imide groups is 1. The highest BCUT2D eigenvalue weighted by Crippen LogP contribution is 2.38. The highest BCUT2D eigenvalue weighted by Gasteiger charge is 2.54. The molecule has 1 saturated heterocycles. The molecule has 0 unspecified atom stereocenters. The van der Waals surface area contributed by atoms with Gasteiger partial charge in [-0.15, -0.1) is 0 Å². The molecule has 0 saturated carbocycles. The van der Waals surface area contributed by atoms with Crippen molar-refractivity contribution in [1.82, 2.24) is 4.90 Å². The van der Waals surface area contributed by atoms with E-state index in [4.69, 9.17) is 4.74 Å². The molecule has 0 spiro atoms. The molecule has 0 bridgehead atoms. The number of hydrogen-bond donors (Lipinski definition) is 1. The maximum Gasteiger partial charge on any atom is 0.417 e. The van der Waals surface area contributed by atoms with E-state index in [-0.39, 0.29) is 18.6 Å². The third-order valence-corrected chi connectivity index (χ3v) is 5.25. The number of benzene rings is 3. The summed E-state index contributed by atoms with van der Waals surface area (Å²) in [6.07, 6.45) is -8.17. The molecule has 0 aliphatic carbocycles. The molecule has 1 fully saturated rings. The molecular weight excluding hydrogens is 447 g/mol. The van der Waals surface area contributed by atoms with E-state index in [2.05, 4.69) is 0 Å². The Hall–Kier alpha value is -3.65. The zero-order chi connectivity index (χ0) is 24.6. The smallest absolute Gasteiger partial charge is 0.417 e. The lowest BCUT2D eigenvalue weighted by atomic mass is 9.93. The van der Waals surface area contributed by atoms with Crippen molar-refractivity contribution < 1.29 is 32.6 Å². The van der Waals surface area contributed by atoms with Gasteiger partial charge in [-0.3, -0.25) is 4.79 Å². The number of aliphatic hydroxyl groups is 1. The second-order valence-electron chi connectivity index (χ2n) is 7.66. The Morgan fingerprint density at radius 2 is 1.38 bits per heavy atom. The van der Waals surface area contributed by atoms with Gasteiger partial charge in [-0.25, -0.2) is 9.69 Å². The maximum absolute atomic E-state index is 13.7. The van der Waals surface area contributed by atoms with E-state index in [0.717, 1.165) is 5.56 Å². The van der Waals surface area contributed by atoms with Crippen molar-refractivity contribution in [1.29, 1.82) is 0 Å². The summed E-state index contributed by atoms with van der Waals surface area (Å²) >= 11 is 0. The quantitative estimate of drug-likeness (QED) is 0.557. The molecule has 5 nitrogen and oxygen atoms in total. The summed E-state index contributed by atoms with van der Waals surface area (Å²) in [6, 6.07) is 27.0. The van der Waals surface area contributed by atoms with Crippen LogP contribution in [0, 0.1) is 5.92 Å². The fraction of sp³-hybridized carbons (Fsp3) is 0.231. The van der Waals surface area contributed by atoms with Crippen molar-refractivity contribution in [3.8, 4) is 0 Å². The van der Waals surface area contributed by atoms with Gasteiger partial charge in [0.15, 0.2) is 5.92 Å². The van der Waals surface area contributed by atoms with Gasteiger partial charge in [-0.1, -0.05) is 97.1 Å². The molecule has 178 valence electrons. The van der Waals surface area contributed by atoms with E-state index in [9.17, 15) is 27.9 Å². The summed E-state index contributed by atoms with van der Waals surface area (Å²) in [7, 11) is 0. The molecule has 3 atom stereocenters. The largest absolute Gasteiger partial charge is 0.447 e. The molecule has 34 heavy (non-hydrogen) atoms. The summed E-state index contributed by atoms with van der Waals surface area (Å²) in [5, 5.41) is 10.3. The monoisotopic (exact) mass is 471 g/mol. The van der Waals surface area contributed by atoms with Crippen LogP contribution in [0.2, 0.25) is 0 Å². The first-order valence-electron chi connectivity index (χ1n) is 10.6. The van der Waals surface area contributed by atoms with E-state index in [0.29, 0.717) is 4.90 Å². The van der Waals surface area contributed by atoms with Crippen LogP contribution in [0.3, 0.4) is 0 Å². The number of rotatable bonds is 5. The second-order valence-corrected chi connectivity index (χ2v) is 7.66. The highest BCUT2D eigenvalue weighted by atomic mass is 19.4. The zero-order valence-corrected chi connectivity index (χ0v) is 18.1. The van der Waals surface area contributed by atoms with Crippen molar-refractivity contribution in [3.63, 3.8) is 0 Å². The lowest BCUT2D eigenvalue weighted by molar-refractivity contribution is -0.207. The summed E-state index contributed by atoms with van der Waals surface area (Å²) in [5.74, 6) is -4.30. The third kappa shape index (κ3) is 6.45. The Labute approximate surface area is 195 Å². The van der Waals surface area contributed by atoms with Gasteiger partial charge in [0.05, 0.1) is 12.1 Å². The van der Waals surface area contributed by atoms with E-state index in [1.165, 1.54) is 24.3 Å². The van der Waals surface area contributed by atoms with Crippen molar-refractivity contribution in [3.05, 3.63) is 108 Å². The zero-order valence-electron chi connectivity index (χ0n) is 18.1. The molecule has 0 radical (unpaired) electrons. The van der Waals surface area contributed by atoms with Gasteiger partial charge in [0.2, 0.25) is 5.91 Å². The minimum Gasteiger partial charge on any atom is -0.447 e. The number of cyclic esters (lactones) is 1. The highest BCUT2D eigenvalue weighted by molar-refractivity contribution is 5.95. The molecule has 3 aromatic rings. The Morgan fingerprint density at radius 3 is 1.88 bits per heavy atom. The molecule has 8 heteroatoms. The predicted octanol–water partition coefficient (Wildman–Crippen LogP) is 5.18. The summed E-state index contributed by atoms with van der Waals surface area (Å²) in [6.45, 7) is -0.203. The number of nitrogens with zero attached hydrogens (tertiary/aromatic N) is 1. The van der Waals surface area contributed by atoms with E-state index in [1.807, 2.05) is 36.4 Å². The van der Waals surface area contributed by atoms with Crippen molar-refractivity contribution in [2.45, 2.75) is 24.7 Å². The second kappa shape index (κ2) is 11.5. The minimum atomic E-state index is -5.05. The van der Waals surface area contributed by atoms with Crippen LogP contribution < -0.4 is 0 Å². The van der Waals surface area contributed by atoms with Gasteiger partial charge in [0.1, 0.15) is 6.61 Å². The third-order valence-electron chi connectivity index (χ3n) is 5.25. The van der Waals surface area contributed by atoms with Gasteiger partial charge in [0.25, 0.3) is 0 Å². The van der Waals surface area contributed by atoms with Gasteiger partial charge < -0.3 is 9.84 Å². The van der Waals surface area contributed by atoms with Crippen LogP contribution >= 0.6 is 0 Å². The van der Waals surface area contributed by atoms with E-state index < -0.39 is 36.2 Å². The standard InChI is InChI=1S/C20H18F3NO4.C6H6/c21-20(22,23)16(17(25)14-9-5-2-6-10-14)18(26)24-15(12-28-19(24)27)11-13-7-3-1-4-8-13;1-2-4-6-5-3-1/h1-10,15-17,25H,11-12H2;1-6H/t15-,16+,17-;/m0./s1. The molecule has 1 aliphatic rings. The summed E-state index contributed by atoms with van der Waals surface area (Å²) in [4.78, 5) is 25.3. The SMILES string of the molecule is O=C1OC[C@H](Cc2ccccc2)N1C(=O)[C@@H]([C@@H](O)c1ccccc1)C(F)(F)F.c1ccccc1. The molecule has 4 rings (SSSR count). The molecule has 1 heterocycles. The molecule has 0 aromatic heterocycles. The average molecular weight is 471 g/mol. The first kappa shape index (κ1) is 25.0. The van der Waals surface area contributed by atoms with Gasteiger partial charge >= 0.3 is 12.3 Å². The topological polar surface area (TPSA) is 66.8 Å². The number of hydrogen-bond acceptors (Lipinski definition) is 4. The normalized spacial score (nSPS) is 17.2. The number of carbonyl (C=O) groups is 2. The lowest BCUT2D eigenvalue weighted by Crippen LogP contribution is -2.49. The number of ether oxygens (including phenoxy) is 1. The molecule has 1 N–H and O–H groups in total.